The average Bonchev–Trinajstić information content (AvgIpc) is 2.80. The first-order valence-electron chi connectivity index (χ1n) is 6.01. The first kappa shape index (κ1) is 15.3. The standard InChI is InChI=1S/C14H14BrCl2NS/c1-2-18-13(10-7-14(15)19-8-10)6-9-5-11(16)3-4-12(9)17/h3-5,7-8,13,18H,2,6H2,1H3. The maximum Gasteiger partial charge on any atom is 0.0701 e. The van der Waals surface area contributed by atoms with Gasteiger partial charge in [0.1, 0.15) is 0 Å². The fourth-order valence-corrected chi connectivity index (χ4v) is 3.60. The number of hydrogen-bond acceptors (Lipinski definition) is 2. The molecule has 1 N–H and O–H groups in total. The highest BCUT2D eigenvalue weighted by Crippen LogP contribution is 2.30. The topological polar surface area (TPSA) is 12.0 Å². The average molecular weight is 379 g/mol. The van der Waals surface area contributed by atoms with Crippen LogP contribution in [0.3, 0.4) is 0 Å². The number of rotatable bonds is 5. The van der Waals surface area contributed by atoms with Gasteiger partial charge >= 0.3 is 0 Å². The van der Waals surface area contributed by atoms with Gasteiger partial charge in [-0.1, -0.05) is 30.1 Å². The summed E-state index contributed by atoms with van der Waals surface area (Å²) in [7, 11) is 0. The van der Waals surface area contributed by atoms with Crippen LogP contribution in [0.1, 0.15) is 24.1 Å². The lowest BCUT2D eigenvalue weighted by Crippen LogP contribution is -2.22. The van der Waals surface area contributed by atoms with Gasteiger partial charge < -0.3 is 5.32 Å². The Balaban J connectivity index is 2.23. The van der Waals surface area contributed by atoms with Gasteiger partial charge in [-0.25, -0.2) is 0 Å². The molecule has 102 valence electrons. The minimum absolute atomic E-state index is 0.253. The normalized spacial score (nSPS) is 12.6. The van der Waals surface area contributed by atoms with E-state index in [1.54, 1.807) is 11.3 Å². The van der Waals surface area contributed by atoms with E-state index in [-0.39, 0.29) is 6.04 Å². The summed E-state index contributed by atoms with van der Waals surface area (Å²) in [4.78, 5) is 0. The fraction of sp³-hybridized carbons (Fsp3) is 0.286. The Morgan fingerprint density at radius 2 is 2.11 bits per heavy atom. The highest BCUT2D eigenvalue weighted by Gasteiger charge is 2.14. The molecule has 0 aliphatic heterocycles. The smallest absolute Gasteiger partial charge is 0.0701 e. The number of hydrogen-bond donors (Lipinski definition) is 1. The molecule has 0 amide bonds. The van der Waals surface area contributed by atoms with Crippen LogP contribution < -0.4 is 5.32 Å². The van der Waals surface area contributed by atoms with E-state index in [4.69, 9.17) is 23.2 Å². The molecule has 1 aromatic heterocycles. The van der Waals surface area contributed by atoms with Crippen LogP contribution >= 0.6 is 50.5 Å². The Kier molecular flexibility index (Phi) is 5.72. The van der Waals surface area contributed by atoms with Gasteiger partial charge in [0.05, 0.1) is 3.79 Å². The Labute approximate surface area is 136 Å². The van der Waals surface area contributed by atoms with E-state index in [9.17, 15) is 0 Å². The Morgan fingerprint density at radius 1 is 1.32 bits per heavy atom. The summed E-state index contributed by atoms with van der Waals surface area (Å²) >= 11 is 17.5. The molecule has 5 heteroatoms. The van der Waals surface area contributed by atoms with Crippen molar-refractivity contribution in [3.8, 4) is 0 Å². The van der Waals surface area contributed by atoms with E-state index in [1.165, 1.54) is 5.56 Å². The summed E-state index contributed by atoms with van der Waals surface area (Å²) < 4.78 is 1.14. The van der Waals surface area contributed by atoms with Crippen molar-refractivity contribution in [1.29, 1.82) is 0 Å². The second-order valence-corrected chi connectivity index (χ2v) is 7.37. The van der Waals surface area contributed by atoms with Crippen LogP contribution in [-0.2, 0) is 6.42 Å². The van der Waals surface area contributed by atoms with Gasteiger partial charge in [0.25, 0.3) is 0 Å². The summed E-state index contributed by atoms with van der Waals surface area (Å²) in [6.07, 6.45) is 0.830. The molecule has 1 nitrogen and oxygen atoms in total. The molecule has 0 aliphatic rings. The lowest BCUT2D eigenvalue weighted by molar-refractivity contribution is 0.551. The molecule has 0 fully saturated rings. The SMILES string of the molecule is CCNC(Cc1cc(Cl)ccc1Cl)c1csc(Br)c1. The Morgan fingerprint density at radius 3 is 2.74 bits per heavy atom. The molecule has 1 heterocycles. The highest BCUT2D eigenvalue weighted by molar-refractivity contribution is 9.11. The van der Waals surface area contributed by atoms with Crippen molar-refractivity contribution in [3.63, 3.8) is 0 Å². The van der Waals surface area contributed by atoms with Crippen molar-refractivity contribution in [3.05, 3.63) is 54.6 Å². The van der Waals surface area contributed by atoms with E-state index >= 15 is 0 Å². The molecule has 1 unspecified atom stereocenters. The summed E-state index contributed by atoms with van der Waals surface area (Å²) in [6.45, 7) is 3.02. The Bertz CT molecular complexity index is 556. The predicted molar refractivity (Wildman–Crippen MR) is 88.6 cm³/mol. The highest BCUT2D eigenvalue weighted by atomic mass is 79.9. The summed E-state index contributed by atoms with van der Waals surface area (Å²) in [5, 5.41) is 7.14. The van der Waals surface area contributed by atoms with Gasteiger partial charge in [-0.3, -0.25) is 0 Å². The second-order valence-electron chi connectivity index (χ2n) is 4.23. The quantitative estimate of drug-likeness (QED) is 0.702. The van der Waals surface area contributed by atoms with Crippen molar-refractivity contribution in [2.75, 3.05) is 6.54 Å². The minimum Gasteiger partial charge on any atom is -0.310 e. The number of nitrogens with one attached hydrogen (secondary N) is 1. The number of benzene rings is 1. The van der Waals surface area contributed by atoms with E-state index in [1.807, 2.05) is 18.2 Å². The Hall–Kier alpha value is -0.0600. The predicted octanol–water partition coefficient (Wildman–Crippen LogP) is 5.71. The van der Waals surface area contributed by atoms with Crippen LogP contribution in [0.15, 0.2) is 33.4 Å². The number of halogens is 3. The third-order valence-corrected chi connectivity index (χ3v) is 5.00. The molecule has 0 bridgehead atoms. The zero-order valence-corrected chi connectivity index (χ0v) is 14.3. The molecule has 0 aliphatic carbocycles. The maximum absolute atomic E-state index is 6.24. The van der Waals surface area contributed by atoms with Gasteiger partial charge in [-0.2, -0.15) is 0 Å². The van der Waals surface area contributed by atoms with Crippen molar-refractivity contribution in [2.24, 2.45) is 0 Å². The zero-order valence-electron chi connectivity index (χ0n) is 10.4. The van der Waals surface area contributed by atoms with Crippen LogP contribution in [-0.4, -0.2) is 6.54 Å². The van der Waals surface area contributed by atoms with E-state index in [0.29, 0.717) is 0 Å². The molecule has 1 aromatic carbocycles. The first-order chi connectivity index (χ1) is 9.10. The lowest BCUT2D eigenvalue weighted by atomic mass is 10.0. The van der Waals surface area contributed by atoms with Crippen LogP contribution in [0.2, 0.25) is 10.0 Å². The molecule has 0 radical (unpaired) electrons. The van der Waals surface area contributed by atoms with Crippen LogP contribution in [0, 0.1) is 0 Å². The van der Waals surface area contributed by atoms with Crippen molar-refractivity contribution in [2.45, 2.75) is 19.4 Å². The maximum atomic E-state index is 6.24. The van der Waals surface area contributed by atoms with Gasteiger partial charge in [0, 0.05) is 16.1 Å². The van der Waals surface area contributed by atoms with Crippen molar-refractivity contribution < 1.29 is 0 Å². The van der Waals surface area contributed by atoms with Crippen LogP contribution in [0.5, 0.6) is 0 Å². The molecular formula is C14H14BrCl2NS. The third kappa shape index (κ3) is 4.20. The van der Waals surface area contributed by atoms with Crippen LogP contribution in [0.25, 0.3) is 0 Å². The van der Waals surface area contributed by atoms with Gasteiger partial charge in [0.15, 0.2) is 0 Å². The van der Waals surface area contributed by atoms with Crippen LogP contribution in [0.4, 0.5) is 0 Å². The molecule has 0 saturated heterocycles. The van der Waals surface area contributed by atoms with E-state index < -0.39 is 0 Å². The van der Waals surface area contributed by atoms with Gasteiger partial charge in [-0.05, 0) is 69.7 Å². The molecule has 0 spiro atoms. The monoisotopic (exact) mass is 377 g/mol. The zero-order chi connectivity index (χ0) is 13.8. The largest absolute Gasteiger partial charge is 0.310 e. The van der Waals surface area contributed by atoms with E-state index in [2.05, 4.69) is 39.6 Å². The molecule has 0 saturated carbocycles. The number of thiophene rings is 1. The summed E-state index contributed by atoms with van der Waals surface area (Å²) in [5.41, 5.74) is 2.34. The fourth-order valence-electron chi connectivity index (χ4n) is 1.98. The molecule has 2 aromatic rings. The molecular weight excluding hydrogens is 365 g/mol. The molecule has 1 atom stereocenters. The first-order valence-corrected chi connectivity index (χ1v) is 8.44. The number of likely N-dealkylation sites (N-methyl/N-ethyl adjacent to an activating group) is 1. The van der Waals surface area contributed by atoms with Gasteiger partial charge in [-0.15, -0.1) is 11.3 Å². The third-order valence-electron chi connectivity index (χ3n) is 2.87. The minimum atomic E-state index is 0.253. The second kappa shape index (κ2) is 7.09. The van der Waals surface area contributed by atoms with Gasteiger partial charge in [0.2, 0.25) is 0 Å². The molecule has 2 rings (SSSR count). The summed E-state index contributed by atoms with van der Waals surface area (Å²) in [6, 6.07) is 8.01. The summed E-state index contributed by atoms with van der Waals surface area (Å²) in [5.74, 6) is 0. The van der Waals surface area contributed by atoms with Crippen molar-refractivity contribution >= 4 is 50.5 Å². The van der Waals surface area contributed by atoms with Crippen molar-refractivity contribution in [1.82, 2.24) is 5.32 Å². The van der Waals surface area contributed by atoms with E-state index in [0.717, 1.165) is 32.4 Å². The lowest BCUT2D eigenvalue weighted by Gasteiger charge is -2.18. The molecule has 19 heavy (non-hydrogen) atoms.